The number of aryl methyl sites for hydroxylation is 1. The molecular formula is C24H27N3O3. The smallest absolute Gasteiger partial charge is 0.258 e. The van der Waals surface area contributed by atoms with Crippen LogP contribution in [0.1, 0.15) is 47.3 Å². The molecule has 6 heteroatoms. The van der Waals surface area contributed by atoms with Gasteiger partial charge in [-0.2, -0.15) is 0 Å². The summed E-state index contributed by atoms with van der Waals surface area (Å²) >= 11 is 0. The Bertz CT molecular complexity index is 1060. The Hall–Kier alpha value is -2.86. The molecule has 0 spiro atoms. The van der Waals surface area contributed by atoms with E-state index in [2.05, 4.69) is 4.98 Å². The Morgan fingerprint density at radius 2 is 2.07 bits per heavy atom. The Morgan fingerprint density at radius 1 is 1.20 bits per heavy atom. The van der Waals surface area contributed by atoms with Gasteiger partial charge in [0.05, 0.1) is 30.0 Å². The maximum atomic E-state index is 13.4. The molecule has 5 rings (SSSR count). The van der Waals surface area contributed by atoms with Crippen LogP contribution in [0.2, 0.25) is 0 Å². The van der Waals surface area contributed by atoms with Gasteiger partial charge < -0.3 is 18.8 Å². The van der Waals surface area contributed by atoms with Gasteiger partial charge in [0.2, 0.25) is 0 Å². The zero-order valence-electron chi connectivity index (χ0n) is 17.3. The maximum Gasteiger partial charge on any atom is 0.258 e. The standard InChI is InChI=1S/C24H27N3O3/c1-17-7-6-12-26-15-18(25-23(17)26)16-30-21-10-4-2-8-19(21)24(28)27-13-14-29-22-11-5-3-9-20(22)27/h2,4,6-8,10,12,15,20,22H,3,5,9,11,13-14,16H2,1H3. The van der Waals surface area contributed by atoms with E-state index in [9.17, 15) is 4.79 Å². The third-order valence-corrected chi connectivity index (χ3v) is 6.21. The molecule has 30 heavy (non-hydrogen) atoms. The predicted molar refractivity (Wildman–Crippen MR) is 114 cm³/mol. The highest BCUT2D eigenvalue weighted by Crippen LogP contribution is 2.31. The fraction of sp³-hybridized carbons (Fsp3) is 0.417. The van der Waals surface area contributed by atoms with Crippen LogP contribution in [0.5, 0.6) is 5.75 Å². The number of carbonyl (C=O) groups is 1. The molecule has 2 aromatic heterocycles. The lowest BCUT2D eigenvalue weighted by Crippen LogP contribution is -2.54. The Balaban J connectivity index is 1.35. The number of nitrogens with zero attached hydrogens (tertiary/aromatic N) is 3. The van der Waals surface area contributed by atoms with Crippen molar-refractivity contribution in [2.75, 3.05) is 13.2 Å². The molecule has 1 aliphatic carbocycles. The fourth-order valence-corrected chi connectivity index (χ4v) is 4.70. The zero-order chi connectivity index (χ0) is 20.5. The summed E-state index contributed by atoms with van der Waals surface area (Å²) in [6.07, 6.45) is 8.52. The van der Waals surface area contributed by atoms with Crippen LogP contribution < -0.4 is 4.74 Å². The third-order valence-electron chi connectivity index (χ3n) is 6.21. The Kier molecular flexibility index (Phi) is 5.17. The number of hydrogen-bond acceptors (Lipinski definition) is 4. The first-order chi connectivity index (χ1) is 14.7. The van der Waals surface area contributed by atoms with Crippen LogP contribution in [0, 0.1) is 6.92 Å². The molecule has 3 heterocycles. The van der Waals surface area contributed by atoms with Gasteiger partial charge >= 0.3 is 0 Å². The van der Waals surface area contributed by atoms with Crippen LogP contribution in [0.25, 0.3) is 5.65 Å². The summed E-state index contributed by atoms with van der Waals surface area (Å²) in [6.45, 7) is 3.61. The number of ether oxygens (including phenoxy) is 2. The SMILES string of the molecule is Cc1cccn2cc(COc3ccccc3C(=O)N3CCOC4CCCCC43)nc12. The van der Waals surface area contributed by atoms with Crippen molar-refractivity contribution in [1.29, 1.82) is 0 Å². The molecule has 1 amide bonds. The first-order valence-corrected chi connectivity index (χ1v) is 10.8. The van der Waals surface area contributed by atoms with Crippen LogP contribution in [0.15, 0.2) is 48.8 Å². The Labute approximate surface area is 176 Å². The van der Waals surface area contributed by atoms with Gasteiger partial charge in [0, 0.05) is 18.9 Å². The minimum absolute atomic E-state index is 0.0386. The van der Waals surface area contributed by atoms with Gasteiger partial charge in [-0.1, -0.05) is 31.0 Å². The lowest BCUT2D eigenvalue weighted by molar-refractivity contribution is -0.0753. The summed E-state index contributed by atoms with van der Waals surface area (Å²) in [5.74, 6) is 0.645. The van der Waals surface area contributed by atoms with Crippen molar-refractivity contribution in [1.82, 2.24) is 14.3 Å². The highest BCUT2D eigenvalue weighted by Gasteiger charge is 2.37. The highest BCUT2D eigenvalue weighted by molar-refractivity contribution is 5.97. The molecule has 156 valence electrons. The molecule has 1 saturated heterocycles. The topological polar surface area (TPSA) is 56.1 Å². The molecule has 2 unspecified atom stereocenters. The van der Waals surface area contributed by atoms with Gasteiger partial charge in [-0.25, -0.2) is 4.98 Å². The summed E-state index contributed by atoms with van der Waals surface area (Å²) in [4.78, 5) is 20.1. The summed E-state index contributed by atoms with van der Waals surface area (Å²) in [5.41, 5.74) is 3.50. The van der Waals surface area contributed by atoms with Crippen LogP contribution in [0.3, 0.4) is 0 Å². The normalized spacial score (nSPS) is 21.4. The zero-order valence-corrected chi connectivity index (χ0v) is 17.3. The van der Waals surface area contributed by atoms with E-state index in [-0.39, 0.29) is 18.1 Å². The Morgan fingerprint density at radius 3 is 2.97 bits per heavy atom. The molecular weight excluding hydrogens is 378 g/mol. The van der Waals surface area contributed by atoms with Crippen molar-refractivity contribution < 1.29 is 14.3 Å². The number of para-hydroxylation sites is 1. The molecule has 0 bridgehead atoms. The number of amides is 1. The average molecular weight is 405 g/mol. The number of hydrogen-bond donors (Lipinski definition) is 0. The monoisotopic (exact) mass is 405 g/mol. The number of carbonyl (C=O) groups excluding carboxylic acids is 1. The van der Waals surface area contributed by atoms with Crippen LogP contribution in [-0.2, 0) is 11.3 Å². The third kappa shape index (κ3) is 3.56. The number of rotatable bonds is 4. The van der Waals surface area contributed by atoms with E-state index < -0.39 is 0 Å². The van der Waals surface area contributed by atoms with E-state index in [0.29, 0.717) is 31.1 Å². The minimum Gasteiger partial charge on any atom is -0.486 e. The second-order valence-corrected chi connectivity index (χ2v) is 8.20. The quantitative estimate of drug-likeness (QED) is 0.658. The van der Waals surface area contributed by atoms with Crippen molar-refractivity contribution >= 4 is 11.6 Å². The lowest BCUT2D eigenvalue weighted by atomic mass is 9.89. The molecule has 2 aliphatic rings. The van der Waals surface area contributed by atoms with Crippen molar-refractivity contribution in [3.05, 3.63) is 65.6 Å². The van der Waals surface area contributed by atoms with E-state index >= 15 is 0 Å². The van der Waals surface area contributed by atoms with Gasteiger partial charge in [0.25, 0.3) is 5.91 Å². The molecule has 1 aliphatic heterocycles. The number of fused-ring (bicyclic) bond motifs is 2. The van der Waals surface area contributed by atoms with Crippen LogP contribution >= 0.6 is 0 Å². The number of pyridine rings is 1. The molecule has 0 radical (unpaired) electrons. The van der Waals surface area contributed by atoms with E-state index in [4.69, 9.17) is 9.47 Å². The second-order valence-electron chi connectivity index (χ2n) is 8.20. The van der Waals surface area contributed by atoms with Gasteiger partial charge in [-0.15, -0.1) is 0 Å². The van der Waals surface area contributed by atoms with E-state index in [1.54, 1.807) is 0 Å². The molecule has 2 fully saturated rings. The minimum atomic E-state index is 0.0386. The molecule has 6 nitrogen and oxygen atoms in total. The summed E-state index contributed by atoms with van der Waals surface area (Å²) in [6, 6.07) is 11.8. The maximum absolute atomic E-state index is 13.4. The number of morpholine rings is 1. The lowest BCUT2D eigenvalue weighted by Gasteiger charge is -2.43. The average Bonchev–Trinajstić information content (AvgIpc) is 3.22. The van der Waals surface area contributed by atoms with Crippen LogP contribution in [-0.4, -0.2) is 45.5 Å². The summed E-state index contributed by atoms with van der Waals surface area (Å²) in [7, 11) is 0. The fourth-order valence-electron chi connectivity index (χ4n) is 4.70. The predicted octanol–water partition coefficient (Wildman–Crippen LogP) is 4.01. The van der Waals surface area contributed by atoms with Gasteiger partial charge in [-0.3, -0.25) is 4.79 Å². The molecule has 1 aromatic carbocycles. The van der Waals surface area contributed by atoms with E-state index in [1.807, 2.05) is 65.0 Å². The summed E-state index contributed by atoms with van der Waals surface area (Å²) in [5, 5.41) is 0. The molecule has 3 aromatic rings. The van der Waals surface area contributed by atoms with Gasteiger partial charge in [0.15, 0.2) is 0 Å². The molecule has 1 saturated carbocycles. The van der Waals surface area contributed by atoms with E-state index in [1.165, 1.54) is 6.42 Å². The van der Waals surface area contributed by atoms with Crippen molar-refractivity contribution in [3.8, 4) is 5.75 Å². The van der Waals surface area contributed by atoms with Gasteiger partial charge in [0.1, 0.15) is 18.0 Å². The number of benzene rings is 1. The van der Waals surface area contributed by atoms with Crippen molar-refractivity contribution in [2.45, 2.75) is 51.4 Å². The van der Waals surface area contributed by atoms with E-state index in [0.717, 1.165) is 36.2 Å². The first-order valence-electron chi connectivity index (χ1n) is 10.8. The molecule has 2 atom stereocenters. The van der Waals surface area contributed by atoms with Gasteiger partial charge in [-0.05, 0) is 43.5 Å². The highest BCUT2D eigenvalue weighted by atomic mass is 16.5. The first kappa shape index (κ1) is 19.1. The largest absolute Gasteiger partial charge is 0.486 e. The summed E-state index contributed by atoms with van der Waals surface area (Å²) < 4.78 is 14.0. The van der Waals surface area contributed by atoms with Crippen molar-refractivity contribution in [3.63, 3.8) is 0 Å². The second kappa shape index (κ2) is 8.11. The molecule has 0 N–H and O–H groups in total. The number of imidazole rings is 1. The van der Waals surface area contributed by atoms with Crippen LogP contribution in [0.4, 0.5) is 0 Å². The van der Waals surface area contributed by atoms with Crippen molar-refractivity contribution in [2.24, 2.45) is 0 Å². The number of aromatic nitrogens is 2.